The molecule has 1 nitrogen and oxygen atoms in total. The Hall–Kier alpha value is -0.120. The number of likely N-dealkylation sites (N-methyl/N-ethyl adjacent to an activating group) is 1. The quantitative estimate of drug-likeness (QED) is 0.806. The van der Waals surface area contributed by atoms with Crippen molar-refractivity contribution in [1.29, 1.82) is 0 Å². The molecule has 0 bridgehead atoms. The van der Waals surface area contributed by atoms with Gasteiger partial charge in [-0.1, -0.05) is 12.2 Å². The van der Waals surface area contributed by atoms with E-state index in [0.29, 0.717) is 0 Å². The Labute approximate surface area is 85.6 Å². The minimum Gasteiger partial charge on any atom is -0.310 e. The summed E-state index contributed by atoms with van der Waals surface area (Å²) in [6.45, 7) is 5.97. The predicted octanol–water partition coefficient (Wildman–Crippen LogP) is 3.35. The van der Waals surface area contributed by atoms with Crippen LogP contribution in [0.3, 0.4) is 0 Å². The Morgan fingerprint density at radius 2 is 2.42 bits per heavy atom. The molecule has 0 aromatic carbocycles. The first-order valence-corrected chi connectivity index (χ1v) is 5.39. The summed E-state index contributed by atoms with van der Waals surface area (Å²) in [5, 5.41) is 5.36. The van der Waals surface area contributed by atoms with Gasteiger partial charge in [-0.25, -0.2) is 0 Å². The van der Waals surface area contributed by atoms with E-state index in [1.54, 1.807) is 11.3 Å². The first-order valence-electron chi connectivity index (χ1n) is 3.71. The molecule has 12 heavy (non-hydrogen) atoms. The molecule has 3 heteroatoms. The minimum atomic E-state index is 0.285. The molecule has 1 unspecified atom stereocenters. The molecule has 0 radical (unpaired) electrons. The monoisotopic (exact) mass is 245 g/mol. The third-order valence-electron chi connectivity index (χ3n) is 1.70. The normalized spacial score (nSPS) is 12.9. The summed E-state index contributed by atoms with van der Waals surface area (Å²) in [5.74, 6) is 0. The highest BCUT2D eigenvalue weighted by atomic mass is 79.9. The van der Waals surface area contributed by atoms with Crippen LogP contribution in [0.25, 0.3) is 0 Å². The third kappa shape index (κ3) is 2.19. The first kappa shape index (κ1) is 9.96. The summed E-state index contributed by atoms with van der Waals surface area (Å²) in [6, 6.07) is 2.41. The van der Waals surface area contributed by atoms with Crippen LogP contribution in [0.4, 0.5) is 0 Å². The van der Waals surface area contributed by atoms with E-state index < -0.39 is 0 Å². The van der Waals surface area contributed by atoms with Crippen LogP contribution >= 0.6 is 27.3 Å². The summed E-state index contributed by atoms with van der Waals surface area (Å²) in [5.41, 5.74) is 2.42. The maximum atomic E-state index is 3.94. The smallest absolute Gasteiger partial charge is 0.0701 e. The molecular weight excluding hydrogens is 234 g/mol. The Balaban J connectivity index is 2.87. The summed E-state index contributed by atoms with van der Waals surface area (Å²) in [4.78, 5) is 0. The second kappa shape index (κ2) is 4.21. The van der Waals surface area contributed by atoms with Crippen molar-refractivity contribution < 1.29 is 0 Å². The fourth-order valence-electron chi connectivity index (χ4n) is 1.17. The van der Waals surface area contributed by atoms with Crippen LogP contribution in [0.15, 0.2) is 27.4 Å². The molecule has 1 atom stereocenters. The highest BCUT2D eigenvalue weighted by molar-refractivity contribution is 9.11. The summed E-state index contributed by atoms with van der Waals surface area (Å²) < 4.78 is 1.17. The van der Waals surface area contributed by atoms with Crippen LogP contribution < -0.4 is 5.32 Å². The standard InChI is InChI=1S/C9H12BrNS/c1-6(2)9(11-3)7-4-8(10)12-5-7/h4-5,9,11H,1H2,2-3H3. The van der Waals surface area contributed by atoms with E-state index in [1.807, 2.05) is 14.0 Å². The Morgan fingerprint density at radius 1 is 1.75 bits per heavy atom. The van der Waals surface area contributed by atoms with Gasteiger partial charge in [0.15, 0.2) is 0 Å². The second-order valence-electron chi connectivity index (χ2n) is 2.75. The van der Waals surface area contributed by atoms with E-state index in [1.165, 1.54) is 9.35 Å². The number of hydrogen-bond acceptors (Lipinski definition) is 2. The average Bonchev–Trinajstić information content (AvgIpc) is 2.37. The van der Waals surface area contributed by atoms with E-state index in [9.17, 15) is 0 Å². The highest BCUT2D eigenvalue weighted by Crippen LogP contribution is 2.28. The van der Waals surface area contributed by atoms with Crippen molar-refractivity contribution in [2.45, 2.75) is 13.0 Å². The molecule has 0 aliphatic carbocycles. The van der Waals surface area contributed by atoms with Gasteiger partial charge in [0, 0.05) is 0 Å². The zero-order chi connectivity index (χ0) is 9.14. The zero-order valence-electron chi connectivity index (χ0n) is 7.23. The van der Waals surface area contributed by atoms with Crippen molar-refractivity contribution in [3.05, 3.63) is 32.9 Å². The molecule has 1 aromatic rings. The predicted molar refractivity (Wildman–Crippen MR) is 58.6 cm³/mol. The maximum Gasteiger partial charge on any atom is 0.0701 e. The molecule has 0 spiro atoms. The van der Waals surface area contributed by atoms with Gasteiger partial charge in [-0.3, -0.25) is 0 Å². The van der Waals surface area contributed by atoms with Gasteiger partial charge < -0.3 is 5.32 Å². The van der Waals surface area contributed by atoms with Crippen molar-refractivity contribution in [1.82, 2.24) is 5.32 Å². The average molecular weight is 246 g/mol. The number of halogens is 1. The van der Waals surface area contributed by atoms with Gasteiger partial charge in [0.25, 0.3) is 0 Å². The SMILES string of the molecule is C=C(C)C(NC)c1csc(Br)c1. The molecule has 0 fully saturated rings. The van der Waals surface area contributed by atoms with Crippen LogP contribution in [0, 0.1) is 0 Å². The van der Waals surface area contributed by atoms with Gasteiger partial charge in [0.05, 0.1) is 9.83 Å². The van der Waals surface area contributed by atoms with Gasteiger partial charge in [-0.15, -0.1) is 11.3 Å². The van der Waals surface area contributed by atoms with E-state index in [2.05, 4.69) is 39.3 Å². The number of thiophene rings is 1. The molecule has 1 aromatic heterocycles. The molecule has 0 aliphatic heterocycles. The van der Waals surface area contributed by atoms with Gasteiger partial charge >= 0.3 is 0 Å². The van der Waals surface area contributed by atoms with Crippen LogP contribution in [0.2, 0.25) is 0 Å². The lowest BCUT2D eigenvalue weighted by Crippen LogP contribution is -2.16. The fraction of sp³-hybridized carbons (Fsp3) is 0.333. The van der Waals surface area contributed by atoms with Gasteiger partial charge in [-0.2, -0.15) is 0 Å². The Kier molecular flexibility index (Phi) is 3.50. The highest BCUT2D eigenvalue weighted by Gasteiger charge is 2.10. The van der Waals surface area contributed by atoms with E-state index >= 15 is 0 Å². The molecule has 0 saturated heterocycles. The lowest BCUT2D eigenvalue weighted by atomic mass is 10.1. The van der Waals surface area contributed by atoms with Crippen molar-refractivity contribution in [2.24, 2.45) is 0 Å². The molecule has 0 saturated carbocycles. The largest absolute Gasteiger partial charge is 0.310 e. The van der Waals surface area contributed by atoms with Gasteiger partial charge in [0.1, 0.15) is 0 Å². The first-order chi connectivity index (χ1) is 5.65. The van der Waals surface area contributed by atoms with Gasteiger partial charge in [0.2, 0.25) is 0 Å². The summed E-state index contributed by atoms with van der Waals surface area (Å²) in [7, 11) is 1.95. The van der Waals surface area contributed by atoms with E-state index in [-0.39, 0.29) is 6.04 Å². The van der Waals surface area contributed by atoms with Crippen LogP contribution in [-0.2, 0) is 0 Å². The molecule has 1 rings (SSSR count). The lowest BCUT2D eigenvalue weighted by molar-refractivity contribution is 0.682. The Bertz CT molecular complexity index is 280. The maximum absolute atomic E-state index is 3.94. The lowest BCUT2D eigenvalue weighted by Gasteiger charge is -2.13. The van der Waals surface area contributed by atoms with Crippen LogP contribution in [-0.4, -0.2) is 7.05 Å². The molecule has 0 aliphatic rings. The number of hydrogen-bond donors (Lipinski definition) is 1. The second-order valence-corrected chi connectivity index (χ2v) is 5.04. The Morgan fingerprint density at radius 3 is 2.75 bits per heavy atom. The number of nitrogens with one attached hydrogen (secondary N) is 1. The van der Waals surface area contributed by atoms with Crippen molar-refractivity contribution in [3.63, 3.8) is 0 Å². The molecule has 1 N–H and O–H groups in total. The third-order valence-corrected chi connectivity index (χ3v) is 3.23. The van der Waals surface area contributed by atoms with Crippen molar-refractivity contribution in [3.8, 4) is 0 Å². The zero-order valence-corrected chi connectivity index (χ0v) is 9.63. The van der Waals surface area contributed by atoms with E-state index in [0.717, 1.165) is 5.57 Å². The van der Waals surface area contributed by atoms with Crippen molar-refractivity contribution in [2.75, 3.05) is 7.05 Å². The van der Waals surface area contributed by atoms with E-state index in [4.69, 9.17) is 0 Å². The fourth-order valence-corrected chi connectivity index (χ4v) is 2.37. The minimum absolute atomic E-state index is 0.285. The molecule has 0 amide bonds. The van der Waals surface area contributed by atoms with Crippen LogP contribution in [0.1, 0.15) is 18.5 Å². The molecule has 1 heterocycles. The molecular formula is C9H12BrNS. The summed E-state index contributed by atoms with van der Waals surface area (Å²) in [6.07, 6.45) is 0. The number of rotatable bonds is 3. The topological polar surface area (TPSA) is 12.0 Å². The van der Waals surface area contributed by atoms with Gasteiger partial charge in [-0.05, 0) is 46.9 Å². The molecule has 66 valence electrons. The van der Waals surface area contributed by atoms with Crippen molar-refractivity contribution >= 4 is 27.3 Å². The van der Waals surface area contributed by atoms with Crippen LogP contribution in [0.5, 0.6) is 0 Å². The summed E-state index contributed by atoms with van der Waals surface area (Å²) >= 11 is 5.14.